The van der Waals surface area contributed by atoms with Crippen molar-refractivity contribution in [2.75, 3.05) is 11.1 Å². The van der Waals surface area contributed by atoms with Crippen LogP contribution >= 0.6 is 23.4 Å². The highest BCUT2D eigenvalue weighted by atomic mass is 35.5. The number of benzene rings is 3. The summed E-state index contributed by atoms with van der Waals surface area (Å²) in [6.45, 7) is 0. The smallest absolute Gasteiger partial charge is 0.234 e. The summed E-state index contributed by atoms with van der Waals surface area (Å²) in [7, 11) is 0. The highest BCUT2D eigenvalue weighted by molar-refractivity contribution is 8.00. The maximum atomic E-state index is 13.1. The number of anilines is 1. The van der Waals surface area contributed by atoms with Gasteiger partial charge in [0.05, 0.1) is 10.8 Å². The molecule has 0 aliphatic carbocycles. The van der Waals surface area contributed by atoms with Crippen molar-refractivity contribution >= 4 is 45.7 Å². The van der Waals surface area contributed by atoms with E-state index in [-0.39, 0.29) is 16.7 Å². The van der Waals surface area contributed by atoms with Crippen molar-refractivity contribution in [1.29, 1.82) is 0 Å². The van der Waals surface area contributed by atoms with Crippen LogP contribution in [0.4, 0.5) is 10.1 Å². The third kappa shape index (κ3) is 4.03. The number of thioether (sulfide) groups is 1. The van der Waals surface area contributed by atoms with Gasteiger partial charge in [-0.05, 0) is 41.1 Å². The molecule has 3 aromatic carbocycles. The summed E-state index contributed by atoms with van der Waals surface area (Å²) in [6.07, 6.45) is 0. The molecule has 3 rings (SSSR count). The van der Waals surface area contributed by atoms with Crippen LogP contribution in [-0.4, -0.2) is 11.7 Å². The second-order valence-corrected chi connectivity index (χ2v) is 6.43. The SMILES string of the molecule is O=C(CSc1ccc2ccccc2c1)Nc1ccc(F)c(Cl)c1. The maximum Gasteiger partial charge on any atom is 0.234 e. The second-order valence-electron chi connectivity index (χ2n) is 4.97. The molecule has 1 N–H and O–H groups in total. The van der Waals surface area contributed by atoms with Gasteiger partial charge in [0.1, 0.15) is 5.82 Å². The topological polar surface area (TPSA) is 29.1 Å². The molecule has 0 aliphatic heterocycles. The van der Waals surface area contributed by atoms with Gasteiger partial charge in [0.15, 0.2) is 0 Å². The third-order valence-corrected chi connectivity index (χ3v) is 4.58. The summed E-state index contributed by atoms with van der Waals surface area (Å²) in [4.78, 5) is 13.0. The van der Waals surface area contributed by atoms with Crippen LogP contribution in [0.1, 0.15) is 0 Å². The number of hydrogen-bond acceptors (Lipinski definition) is 2. The number of halogens is 2. The fourth-order valence-electron chi connectivity index (χ4n) is 2.18. The predicted octanol–water partition coefficient (Wildman–Crippen LogP) is 5.36. The molecule has 0 saturated carbocycles. The van der Waals surface area contributed by atoms with Gasteiger partial charge >= 0.3 is 0 Å². The minimum atomic E-state index is -0.504. The van der Waals surface area contributed by atoms with Crippen molar-refractivity contribution in [3.05, 3.63) is 71.5 Å². The lowest BCUT2D eigenvalue weighted by molar-refractivity contribution is -0.113. The molecule has 0 spiro atoms. The molecule has 0 atom stereocenters. The Morgan fingerprint density at radius 1 is 1.04 bits per heavy atom. The average molecular weight is 346 g/mol. The quantitative estimate of drug-likeness (QED) is 0.645. The first-order valence-electron chi connectivity index (χ1n) is 6.98. The predicted molar refractivity (Wildman–Crippen MR) is 94.7 cm³/mol. The minimum Gasteiger partial charge on any atom is -0.325 e. The van der Waals surface area contributed by atoms with Crippen LogP contribution in [-0.2, 0) is 4.79 Å². The molecular formula is C18H13ClFNOS. The molecule has 0 radical (unpaired) electrons. The highest BCUT2D eigenvalue weighted by Crippen LogP contribution is 2.24. The Morgan fingerprint density at radius 3 is 2.61 bits per heavy atom. The van der Waals surface area contributed by atoms with Crippen molar-refractivity contribution < 1.29 is 9.18 Å². The van der Waals surface area contributed by atoms with E-state index in [1.54, 1.807) is 0 Å². The van der Waals surface area contributed by atoms with Gasteiger partial charge in [0.2, 0.25) is 5.91 Å². The number of amides is 1. The Balaban J connectivity index is 1.62. The van der Waals surface area contributed by atoms with Crippen LogP contribution in [0, 0.1) is 5.82 Å². The maximum absolute atomic E-state index is 13.1. The summed E-state index contributed by atoms with van der Waals surface area (Å²) in [5, 5.41) is 5.01. The Morgan fingerprint density at radius 2 is 1.83 bits per heavy atom. The van der Waals surface area contributed by atoms with E-state index in [1.807, 2.05) is 30.3 Å². The van der Waals surface area contributed by atoms with E-state index >= 15 is 0 Å². The third-order valence-electron chi connectivity index (χ3n) is 3.29. The number of fused-ring (bicyclic) bond motifs is 1. The lowest BCUT2D eigenvalue weighted by Gasteiger charge is -2.07. The van der Waals surface area contributed by atoms with Gasteiger partial charge in [-0.25, -0.2) is 4.39 Å². The molecule has 3 aromatic rings. The zero-order chi connectivity index (χ0) is 16.2. The van der Waals surface area contributed by atoms with Gasteiger partial charge in [-0.2, -0.15) is 0 Å². The Hall–Kier alpha value is -2.04. The van der Waals surface area contributed by atoms with Gasteiger partial charge in [0, 0.05) is 10.6 Å². The lowest BCUT2D eigenvalue weighted by Crippen LogP contribution is -2.13. The average Bonchev–Trinajstić information content (AvgIpc) is 2.56. The molecule has 0 aromatic heterocycles. The van der Waals surface area contributed by atoms with E-state index < -0.39 is 5.82 Å². The Bertz CT molecular complexity index is 869. The standard InChI is InChI=1S/C18H13ClFNOS/c19-16-10-14(6-8-17(16)20)21-18(22)11-23-15-7-5-12-3-1-2-4-13(12)9-15/h1-10H,11H2,(H,21,22). The molecule has 23 heavy (non-hydrogen) atoms. The van der Waals surface area contributed by atoms with Crippen LogP contribution in [0.5, 0.6) is 0 Å². The summed E-state index contributed by atoms with van der Waals surface area (Å²) in [6, 6.07) is 18.3. The van der Waals surface area contributed by atoms with Crippen molar-refractivity contribution in [2.24, 2.45) is 0 Å². The van der Waals surface area contributed by atoms with E-state index in [0.29, 0.717) is 5.69 Å². The van der Waals surface area contributed by atoms with Gasteiger partial charge in [-0.3, -0.25) is 4.79 Å². The Kier molecular flexibility index (Phi) is 4.84. The van der Waals surface area contributed by atoms with Crippen LogP contribution in [0.15, 0.2) is 65.6 Å². The molecule has 5 heteroatoms. The number of carbonyl (C=O) groups is 1. The number of hydrogen-bond donors (Lipinski definition) is 1. The van der Waals surface area contributed by atoms with E-state index in [1.165, 1.54) is 35.3 Å². The first-order chi connectivity index (χ1) is 11.1. The van der Waals surface area contributed by atoms with Gasteiger partial charge in [-0.1, -0.05) is 41.9 Å². The highest BCUT2D eigenvalue weighted by Gasteiger charge is 2.06. The van der Waals surface area contributed by atoms with Gasteiger partial charge in [0.25, 0.3) is 0 Å². The summed E-state index contributed by atoms with van der Waals surface area (Å²) < 4.78 is 13.1. The fourth-order valence-corrected chi connectivity index (χ4v) is 3.10. The Labute approximate surface area is 142 Å². The van der Waals surface area contributed by atoms with Crippen LogP contribution < -0.4 is 5.32 Å². The summed E-state index contributed by atoms with van der Waals surface area (Å²) in [5.74, 6) is -0.395. The monoisotopic (exact) mass is 345 g/mol. The van der Waals surface area contributed by atoms with E-state index in [9.17, 15) is 9.18 Å². The zero-order valence-corrected chi connectivity index (χ0v) is 13.6. The molecule has 0 bridgehead atoms. The van der Waals surface area contributed by atoms with Crippen LogP contribution in [0.25, 0.3) is 10.8 Å². The lowest BCUT2D eigenvalue weighted by atomic mass is 10.1. The van der Waals surface area contributed by atoms with E-state index in [4.69, 9.17) is 11.6 Å². The fraction of sp³-hybridized carbons (Fsp3) is 0.0556. The van der Waals surface area contributed by atoms with Crippen molar-refractivity contribution in [2.45, 2.75) is 4.90 Å². The van der Waals surface area contributed by atoms with E-state index in [2.05, 4.69) is 17.4 Å². The molecule has 0 aliphatic rings. The van der Waals surface area contributed by atoms with E-state index in [0.717, 1.165) is 10.3 Å². The normalized spacial score (nSPS) is 10.7. The van der Waals surface area contributed by atoms with Crippen molar-refractivity contribution in [3.63, 3.8) is 0 Å². The van der Waals surface area contributed by atoms with Gasteiger partial charge in [-0.15, -0.1) is 11.8 Å². The zero-order valence-electron chi connectivity index (χ0n) is 12.1. The second kappa shape index (κ2) is 7.02. The molecule has 0 heterocycles. The minimum absolute atomic E-state index is 0.00928. The molecule has 0 saturated heterocycles. The number of rotatable bonds is 4. The first-order valence-corrected chi connectivity index (χ1v) is 8.35. The summed E-state index contributed by atoms with van der Waals surface area (Å²) in [5.41, 5.74) is 0.487. The van der Waals surface area contributed by atoms with Crippen LogP contribution in [0.2, 0.25) is 5.02 Å². The molecule has 0 fully saturated rings. The molecule has 1 amide bonds. The largest absolute Gasteiger partial charge is 0.325 e. The number of nitrogens with one attached hydrogen (secondary N) is 1. The molecule has 116 valence electrons. The molecular weight excluding hydrogens is 333 g/mol. The number of carbonyl (C=O) groups excluding carboxylic acids is 1. The van der Waals surface area contributed by atoms with Crippen molar-refractivity contribution in [3.8, 4) is 0 Å². The summed E-state index contributed by atoms with van der Waals surface area (Å²) >= 11 is 7.15. The molecule has 0 unspecified atom stereocenters. The first kappa shape index (κ1) is 15.8. The van der Waals surface area contributed by atoms with Crippen molar-refractivity contribution in [1.82, 2.24) is 0 Å². The van der Waals surface area contributed by atoms with Gasteiger partial charge < -0.3 is 5.32 Å². The van der Waals surface area contributed by atoms with Crippen LogP contribution in [0.3, 0.4) is 0 Å². The molecule has 2 nitrogen and oxygen atoms in total.